The molecule has 5 heteroatoms. The Hall–Kier alpha value is -2.01. The predicted molar refractivity (Wildman–Crippen MR) is 69.4 cm³/mol. The SMILES string of the molecule is Nc1ccc(-c2nc3ccc(F)cc3s2)cc1F. The number of aromatic nitrogens is 1. The highest BCUT2D eigenvalue weighted by Crippen LogP contribution is 2.31. The summed E-state index contributed by atoms with van der Waals surface area (Å²) in [6.07, 6.45) is 0. The lowest BCUT2D eigenvalue weighted by molar-refractivity contribution is 0.630. The molecule has 0 aliphatic rings. The second kappa shape index (κ2) is 4.03. The number of nitrogen functional groups attached to an aromatic ring is 1. The lowest BCUT2D eigenvalue weighted by Gasteiger charge is -1.98. The Morgan fingerprint density at radius 3 is 2.67 bits per heavy atom. The maximum Gasteiger partial charge on any atom is 0.146 e. The van der Waals surface area contributed by atoms with E-state index >= 15 is 0 Å². The van der Waals surface area contributed by atoms with Crippen LogP contribution in [0.25, 0.3) is 20.8 Å². The van der Waals surface area contributed by atoms with Crippen molar-refractivity contribution in [3.05, 3.63) is 48.0 Å². The molecule has 0 aliphatic heterocycles. The van der Waals surface area contributed by atoms with Gasteiger partial charge < -0.3 is 5.73 Å². The molecule has 0 saturated heterocycles. The van der Waals surface area contributed by atoms with Gasteiger partial charge in [0.05, 0.1) is 15.9 Å². The lowest BCUT2D eigenvalue weighted by Crippen LogP contribution is -1.90. The predicted octanol–water partition coefficient (Wildman–Crippen LogP) is 3.82. The minimum Gasteiger partial charge on any atom is -0.396 e. The largest absolute Gasteiger partial charge is 0.396 e. The van der Waals surface area contributed by atoms with Gasteiger partial charge in [0.25, 0.3) is 0 Å². The number of fused-ring (bicyclic) bond motifs is 1. The van der Waals surface area contributed by atoms with Gasteiger partial charge >= 0.3 is 0 Å². The number of anilines is 1. The van der Waals surface area contributed by atoms with E-state index in [0.29, 0.717) is 16.1 Å². The standard InChI is InChI=1S/C13H8F2N2S/c14-8-2-4-11-12(6-8)18-13(17-11)7-1-3-10(16)9(15)5-7/h1-6H,16H2. The van der Waals surface area contributed by atoms with Crippen LogP contribution in [-0.2, 0) is 0 Å². The molecule has 18 heavy (non-hydrogen) atoms. The summed E-state index contributed by atoms with van der Waals surface area (Å²) in [6, 6.07) is 8.92. The van der Waals surface area contributed by atoms with Crippen molar-refractivity contribution in [1.29, 1.82) is 0 Å². The van der Waals surface area contributed by atoms with Gasteiger partial charge in [0, 0.05) is 5.56 Å². The highest BCUT2D eigenvalue weighted by molar-refractivity contribution is 7.21. The third-order valence-electron chi connectivity index (χ3n) is 2.60. The fourth-order valence-electron chi connectivity index (χ4n) is 1.68. The van der Waals surface area contributed by atoms with Gasteiger partial charge in [0.2, 0.25) is 0 Å². The van der Waals surface area contributed by atoms with E-state index in [9.17, 15) is 8.78 Å². The first kappa shape index (κ1) is 11.1. The molecule has 0 aliphatic carbocycles. The van der Waals surface area contributed by atoms with Crippen molar-refractivity contribution in [3.63, 3.8) is 0 Å². The first-order valence-electron chi connectivity index (χ1n) is 5.25. The van der Waals surface area contributed by atoms with Gasteiger partial charge in [-0.1, -0.05) is 0 Å². The zero-order valence-electron chi connectivity index (χ0n) is 9.15. The Bertz CT molecular complexity index is 737. The van der Waals surface area contributed by atoms with Gasteiger partial charge in [-0.25, -0.2) is 13.8 Å². The number of nitrogens with two attached hydrogens (primary N) is 1. The maximum atomic E-state index is 13.4. The molecular formula is C13H8F2N2S. The van der Waals surface area contributed by atoms with Crippen LogP contribution in [0.4, 0.5) is 14.5 Å². The van der Waals surface area contributed by atoms with Gasteiger partial charge in [0.1, 0.15) is 16.6 Å². The molecule has 2 aromatic carbocycles. The van der Waals surface area contributed by atoms with Crippen LogP contribution in [0.3, 0.4) is 0 Å². The summed E-state index contributed by atoms with van der Waals surface area (Å²) < 4.78 is 27.2. The van der Waals surface area contributed by atoms with Crippen molar-refractivity contribution in [1.82, 2.24) is 4.98 Å². The van der Waals surface area contributed by atoms with Gasteiger partial charge in [-0.05, 0) is 36.4 Å². The monoisotopic (exact) mass is 262 g/mol. The molecule has 0 atom stereocenters. The van der Waals surface area contributed by atoms with E-state index in [0.717, 1.165) is 4.70 Å². The van der Waals surface area contributed by atoms with E-state index in [4.69, 9.17) is 5.73 Å². The smallest absolute Gasteiger partial charge is 0.146 e. The van der Waals surface area contributed by atoms with Gasteiger partial charge in [-0.2, -0.15) is 0 Å². The minimum atomic E-state index is -0.474. The quantitative estimate of drug-likeness (QED) is 0.677. The van der Waals surface area contributed by atoms with Crippen LogP contribution >= 0.6 is 11.3 Å². The number of hydrogen-bond acceptors (Lipinski definition) is 3. The van der Waals surface area contributed by atoms with Crippen LogP contribution in [-0.4, -0.2) is 4.98 Å². The fraction of sp³-hybridized carbons (Fsp3) is 0. The van der Waals surface area contributed by atoms with E-state index in [1.165, 1.54) is 35.6 Å². The Morgan fingerprint density at radius 2 is 1.89 bits per heavy atom. The number of nitrogens with zero attached hydrogens (tertiary/aromatic N) is 1. The molecule has 2 N–H and O–H groups in total. The second-order valence-electron chi connectivity index (χ2n) is 3.87. The average Bonchev–Trinajstić information content (AvgIpc) is 2.75. The van der Waals surface area contributed by atoms with E-state index in [1.807, 2.05) is 0 Å². The van der Waals surface area contributed by atoms with Crippen molar-refractivity contribution in [2.24, 2.45) is 0 Å². The van der Waals surface area contributed by atoms with Gasteiger partial charge in [0.15, 0.2) is 0 Å². The molecule has 1 aromatic heterocycles. The van der Waals surface area contributed by atoms with Crippen molar-refractivity contribution in [2.45, 2.75) is 0 Å². The molecule has 90 valence electrons. The normalized spacial score (nSPS) is 11.0. The number of rotatable bonds is 1. The Balaban J connectivity index is 2.16. The summed E-state index contributed by atoms with van der Waals surface area (Å²) in [4.78, 5) is 4.34. The molecule has 1 heterocycles. The average molecular weight is 262 g/mol. The summed E-state index contributed by atoms with van der Waals surface area (Å²) in [7, 11) is 0. The molecule has 0 unspecified atom stereocenters. The molecule has 0 radical (unpaired) electrons. The zero-order chi connectivity index (χ0) is 12.7. The van der Waals surface area contributed by atoms with Crippen LogP contribution in [0.15, 0.2) is 36.4 Å². The van der Waals surface area contributed by atoms with Gasteiger partial charge in [-0.3, -0.25) is 0 Å². The van der Waals surface area contributed by atoms with Crippen LogP contribution in [0.5, 0.6) is 0 Å². The summed E-state index contributed by atoms with van der Waals surface area (Å²) in [5, 5.41) is 0.648. The molecule has 3 rings (SSSR count). The summed E-state index contributed by atoms with van der Waals surface area (Å²) in [6.45, 7) is 0. The van der Waals surface area contributed by atoms with E-state index in [2.05, 4.69) is 4.98 Å². The highest BCUT2D eigenvalue weighted by Gasteiger charge is 2.09. The summed E-state index contributed by atoms with van der Waals surface area (Å²) >= 11 is 1.32. The van der Waals surface area contributed by atoms with E-state index < -0.39 is 5.82 Å². The van der Waals surface area contributed by atoms with Crippen molar-refractivity contribution < 1.29 is 8.78 Å². The fourth-order valence-corrected chi connectivity index (χ4v) is 2.67. The third kappa shape index (κ3) is 1.82. The first-order valence-corrected chi connectivity index (χ1v) is 6.06. The molecule has 3 aromatic rings. The number of halogens is 2. The molecule has 0 spiro atoms. The van der Waals surface area contributed by atoms with Crippen molar-refractivity contribution >= 4 is 27.2 Å². The van der Waals surface area contributed by atoms with E-state index in [-0.39, 0.29) is 11.5 Å². The Morgan fingerprint density at radius 1 is 1.06 bits per heavy atom. The minimum absolute atomic E-state index is 0.103. The molecule has 0 fully saturated rings. The van der Waals surface area contributed by atoms with E-state index in [1.54, 1.807) is 12.1 Å². The van der Waals surface area contributed by atoms with Gasteiger partial charge in [-0.15, -0.1) is 11.3 Å². The third-order valence-corrected chi connectivity index (χ3v) is 3.67. The highest BCUT2D eigenvalue weighted by atomic mass is 32.1. The molecule has 0 amide bonds. The Labute approximate surface area is 106 Å². The number of benzene rings is 2. The molecule has 0 bridgehead atoms. The second-order valence-corrected chi connectivity index (χ2v) is 4.90. The van der Waals surface area contributed by atoms with Crippen LogP contribution in [0.2, 0.25) is 0 Å². The Kier molecular flexibility index (Phi) is 2.48. The molecule has 2 nitrogen and oxygen atoms in total. The van der Waals surface area contributed by atoms with Crippen molar-refractivity contribution in [2.75, 3.05) is 5.73 Å². The summed E-state index contributed by atoms with van der Waals surface area (Å²) in [5.41, 5.74) is 6.87. The van der Waals surface area contributed by atoms with Crippen LogP contribution in [0, 0.1) is 11.6 Å². The van der Waals surface area contributed by atoms with Crippen LogP contribution < -0.4 is 5.73 Å². The number of thiazole rings is 1. The van der Waals surface area contributed by atoms with Crippen molar-refractivity contribution in [3.8, 4) is 10.6 Å². The topological polar surface area (TPSA) is 38.9 Å². The van der Waals surface area contributed by atoms with Crippen LogP contribution in [0.1, 0.15) is 0 Å². The summed E-state index contributed by atoms with van der Waals surface area (Å²) in [5.74, 6) is -0.779. The lowest BCUT2D eigenvalue weighted by atomic mass is 10.2. The maximum absolute atomic E-state index is 13.4. The zero-order valence-corrected chi connectivity index (χ0v) is 9.97. The first-order chi connectivity index (χ1) is 8.63. The molecular weight excluding hydrogens is 254 g/mol. The number of hydrogen-bond donors (Lipinski definition) is 1. The molecule has 0 saturated carbocycles.